The molecule has 12 heteroatoms. The first kappa shape index (κ1) is 37.0. The lowest BCUT2D eigenvalue weighted by Crippen LogP contribution is -2.49. The molecular formula is C39H51N3O8Si. The van der Waals surface area contributed by atoms with E-state index in [1.807, 2.05) is 87.6 Å². The molecule has 5 atom stereocenters. The molecule has 4 N–H and O–H groups in total. The van der Waals surface area contributed by atoms with Crippen LogP contribution in [0.3, 0.4) is 0 Å². The van der Waals surface area contributed by atoms with Crippen LogP contribution in [0.25, 0.3) is 0 Å². The summed E-state index contributed by atoms with van der Waals surface area (Å²) in [6.07, 6.45) is 1.75. The Kier molecular flexibility index (Phi) is 10.9. The number of benzene rings is 3. The average Bonchev–Trinajstić information content (AvgIpc) is 3.53. The largest absolute Gasteiger partial charge is 0.497 e. The van der Waals surface area contributed by atoms with Gasteiger partial charge in [-0.2, -0.15) is 0 Å². The zero-order valence-corrected chi connectivity index (χ0v) is 31.2. The minimum Gasteiger partial charge on any atom is -0.497 e. The van der Waals surface area contributed by atoms with Crippen LogP contribution in [0.5, 0.6) is 11.5 Å². The van der Waals surface area contributed by atoms with Gasteiger partial charge >= 0.3 is 0 Å². The number of carbonyl (C=O) groups excluding carboxylic acids is 2. The van der Waals surface area contributed by atoms with Crippen LogP contribution in [0.15, 0.2) is 60.7 Å². The van der Waals surface area contributed by atoms with Crippen LogP contribution < -0.4 is 24.6 Å². The van der Waals surface area contributed by atoms with Crippen molar-refractivity contribution in [3.05, 3.63) is 77.4 Å². The van der Waals surface area contributed by atoms with E-state index < -0.39 is 26.1 Å². The number of nitrogens with one attached hydrogen (secondary N) is 1. The highest BCUT2D eigenvalue weighted by Gasteiger charge is 2.66. The number of carbonyl (C=O) groups is 2. The van der Waals surface area contributed by atoms with Gasteiger partial charge in [-0.1, -0.05) is 19.1 Å². The number of fused-ring (bicyclic) bond motifs is 3. The molecule has 0 saturated carbocycles. The average molecular weight is 718 g/mol. The van der Waals surface area contributed by atoms with Gasteiger partial charge in [-0.25, -0.2) is 0 Å². The van der Waals surface area contributed by atoms with Gasteiger partial charge in [-0.05, 0) is 112 Å². The molecule has 2 amide bonds. The quantitative estimate of drug-likeness (QED) is 0.137. The van der Waals surface area contributed by atoms with E-state index in [4.69, 9.17) is 14.2 Å². The van der Waals surface area contributed by atoms with Gasteiger partial charge in [-0.3, -0.25) is 14.5 Å². The SMILES string of the molecule is CCOc1ccc2c(c1)CC(NCCCCO)C(=O)N2c1cccc(CN2C(=O)[C@]3(O[C@H](CCO)[C@@H]([Si](C)(C)O)[C@@H]3C)c3cc(OC)ccc32)c1. The number of aliphatic hydroxyl groups excluding tert-OH is 2. The number of nitrogens with zero attached hydrogens (tertiary/aromatic N) is 2. The maximum absolute atomic E-state index is 14.8. The molecule has 3 aliphatic heterocycles. The number of unbranched alkanes of at least 4 members (excludes halogenated alkanes) is 1. The van der Waals surface area contributed by atoms with Crippen LogP contribution in [0.4, 0.5) is 17.1 Å². The van der Waals surface area contributed by atoms with Gasteiger partial charge in [0.1, 0.15) is 11.5 Å². The Morgan fingerprint density at radius 2 is 1.76 bits per heavy atom. The zero-order valence-electron chi connectivity index (χ0n) is 30.2. The molecule has 0 aromatic heterocycles. The van der Waals surface area contributed by atoms with Crippen molar-refractivity contribution in [3.63, 3.8) is 0 Å². The van der Waals surface area contributed by atoms with Crippen molar-refractivity contribution in [3.8, 4) is 11.5 Å². The molecule has 6 rings (SSSR count). The molecule has 0 radical (unpaired) electrons. The Hall–Kier alpha value is -3.78. The minimum absolute atomic E-state index is 0.0774. The van der Waals surface area contributed by atoms with Crippen molar-refractivity contribution in [1.29, 1.82) is 0 Å². The maximum atomic E-state index is 14.8. The van der Waals surface area contributed by atoms with Crippen molar-refractivity contribution in [2.75, 3.05) is 43.3 Å². The fourth-order valence-electron chi connectivity index (χ4n) is 8.43. The van der Waals surface area contributed by atoms with E-state index in [-0.39, 0.29) is 43.0 Å². The van der Waals surface area contributed by atoms with Crippen molar-refractivity contribution in [2.24, 2.45) is 5.92 Å². The molecule has 3 heterocycles. The molecule has 0 aliphatic carbocycles. The summed E-state index contributed by atoms with van der Waals surface area (Å²) in [7, 11) is -1.25. The van der Waals surface area contributed by atoms with E-state index in [1.54, 1.807) is 16.9 Å². The summed E-state index contributed by atoms with van der Waals surface area (Å²) in [5, 5.41) is 22.6. The van der Waals surface area contributed by atoms with Crippen molar-refractivity contribution in [1.82, 2.24) is 5.32 Å². The second-order valence-electron chi connectivity index (χ2n) is 14.4. The molecular weight excluding hydrogens is 667 g/mol. The van der Waals surface area contributed by atoms with Crippen molar-refractivity contribution < 1.29 is 38.8 Å². The highest BCUT2D eigenvalue weighted by atomic mass is 28.4. The Morgan fingerprint density at radius 3 is 2.47 bits per heavy atom. The first-order chi connectivity index (χ1) is 24.5. The summed E-state index contributed by atoms with van der Waals surface area (Å²) < 4.78 is 18.1. The van der Waals surface area contributed by atoms with Crippen LogP contribution in [-0.4, -0.2) is 80.8 Å². The molecule has 3 aromatic rings. The number of hydrogen-bond acceptors (Lipinski definition) is 9. The predicted molar refractivity (Wildman–Crippen MR) is 198 cm³/mol. The van der Waals surface area contributed by atoms with Crippen LogP contribution in [0.2, 0.25) is 18.6 Å². The second-order valence-corrected chi connectivity index (χ2v) is 18.3. The minimum atomic E-state index is -2.84. The summed E-state index contributed by atoms with van der Waals surface area (Å²) in [6.45, 7) is 8.99. The fraction of sp³-hybridized carbons (Fsp3) is 0.487. The highest BCUT2D eigenvalue weighted by Crippen LogP contribution is 2.60. The van der Waals surface area contributed by atoms with Gasteiger partial charge in [0.15, 0.2) is 13.9 Å². The second kappa shape index (κ2) is 15.1. The number of methoxy groups -OCH3 is 1. The topological polar surface area (TPSA) is 141 Å². The Bertz CT molecular complexity index is 1750. The summed E-state index contributed by atoms with van der Waals surface area (Å²) in [4.78, 5) is 43.9. The first-order valence-corrected chi connectivity index (χ1v) is 21.0. The summed E-state index contributed by atoms with van der Waals surface area (Å²) in [5.74, 6) is 0.682. The van der Waals surface area contributed by atoms with Gasteiger partial charge in [0.25, 0.3) is 5.91 Å². The molecule has 1 fully saturated rings. The number of rotatable bonds is 14. The third kappa shape index (κ3) is 6.81. The van der Waals surface area contributed by atoms with Gasteiger partial charge < -0.3 is 39.4 Å². The van der Waals surface area contributed by atoms with E-state index in [2.05, 4.69) is 5.32 Å². The monoisotopic (exact) mass is 717 g/mol. The molecule has 3 aliphatic rings. The zero-order chi connectivity index (χ0) is 36.5. The number of amides is 2. The fourth-order valence-corrected chi connectivity index (χ4v) is 11.0. The van der Waals surface area contributed by atoms with Crippen molar-refractivity contribution in [2.45, 2.75) is 82.5 Å². The summed E-state index contributed by atoms with van der Waals surface area (Å²) in [5.41, 5.74) is 3.04. The van der Waals surface area contributed by atoms with Crippen LogP contribution in [0.1, 0.15) is 49.8 Å². The molecule has 1 unspecified atom stereocenters. The standard InChI is InChI=1S/C39H51N3O8Si/c1-6-49-30-13-14-33-27(21-30)22-32(40-17-7-8-18-43)37(45)42(33)28-11-9-10-26(20-28)24-41-34-15-12-29(48-3)23-31(34)39(38(41)46)25(2)36(51(4,5)47)35(50-39)16-19-44/h9-15,20-21,23,25,32,35-36,40,43-44,47H,6-8,16-19,22,24H2,1-5H3/t25-,32?,35+,36-,39+/m0/s1. The van der Waals surface area contributed by atoms with Crippen molar-refractivity contribution >= 4 is 37.2 Å². The third-order valence-electron chi connectivity index (χ3n) is 10.6. The van der Waals surface area contributed by atoms with Crippen LogP contribution in [0, 0.1) is 5.92 Å². The smallest absolute Gasteiger partial charge is 0.264 e. The number of ether oxygens (including phenoxy) is 3. The molecule has 1 saturated heterocycles. The molecule has 11 nitrogen and oxygen atoms in total. The van der Waals surface area contributed by atoms with E-state index in [0.29, 0.717) is 55.1 Å². The lowest BCUT2D eigenvalue weighted by atomic mass is 9.82. The van der Waals surface area contributed by atoms with Crippen LogP contribution >= 0.6 is 0 Å². The van der Waals surface area contributed by atoms with Gasteiger partial charge in [0, 0.05) is 35.9 Å². The number of hydrogen-bond donors (Lipinski definition) is 4. The van der Waals surface area contributed by atoms with Gasteiger partial charge in [-0.15, -0.1) is 0 Å². The highest BCUT2D eigenvalue weighted by molar-refractivity contribution is 6.71. The normalized spacial score (nSPS) is 24.3. The Morgan fingerprint density at radius 1 is 1.00 bits per heavy atom. The van der Waals surface area contributed by atoms with Gasteiger partial charge in [0.2, 0.25) is 5.91 Å². The van der Waals surface area contributed by atoms with E-state index in [1.165, 1.54) is 0 Å². The molecule has 3 aromatic carbocycles. The summed E-state index contributed by atoms with van der Waals surface area (Å²) in [6, 6.07) is 18.6. The molecule has 274 valence electrons. The molecule has 51 heavy (non-hydrogen) atoms. The third-order valence-corrected chi connectivity index (χ3v) is 13.1. The van der Waals surface area contributed by atoms with Crippen LogP contribution in [-0.2, 0) is 32.9 Å². The summed E-state index contributed by atoms with van der Waals surface area (Å²) >= 11 is 0. The lowest BCUT2D eigenvalue weighted by Gasteiger charge is -2.35. The van der Waals surface area contributed by atoms with E-state index >= 15 is 0 Å². The van der Waals surface area contributed by atoms with E-state index in [0.717, 1.165) is 29.0 Å². The maximum Gasteiger partial charge on any atom is 0.264 e. The number of aliphatic hydroxyl groups is 2. The first-order valence-electron chi connectivity index (χ1n) is 18.0. The van der Waals surface area contributed by atoms with E-state index in [9.17, 15) is 24.6 Å². The molecule has 1 spiro atoms. The Balaban J connectivity index is 1.36. The Labute approximate surface area is 301 Å². The molecule has 0 bridgehead atoms. The van der Waals surface area contributed by atoms with Gasteiger partial charge in [0.05, 0.1) is 43.8 Å². The number of anilines is 3. The lowest BCUT2D eigenvalue weighted by molar-refractivity contribution is -0.146. The predicted octanol–water partition coefficient (Wildman–Crippen LogP) is 4.77.